The van der Waals surface area contributed by atoms with Crippen LogP contribution < -0.4 is 5.32 Å². The quantitative estimate of drug-likeness (QED) is 0.532. The van der Waals surface area contributed by atoms with Crippen molar-refractivity contribution in [2.24, 2.45) is 5.41 Å². The van der Waals surface area contributed by atoms with Gasteiger partial charge in [-0.05, 0) is 49.3 Å². The minimum absolute atomic E-state index is 0.126. The number of halogens is 1. The number of nitrogens with one attached hydrogen (secondary N) is 1. The summed E-state index contributed by atoms with van der Waals surface area (Å²) in [6.45, 7) is 11.2. The van der Waals surface area contributed by atoms with E-state index in [1.165, 1.54) is 0 Å². The predicted molar refractivity (Wildman–Crippen MR) is 113 cm³/mol. The SMILES string of the molecule is C#Cc1ccsc1-c1nc2ccc(Cl)cn2c1NC(C)(C)CC(C)(C)C. The van der Waals surface area contributed by atoms with Crippen LogP contribution in [-0.4, -0.2) is 14.9 Å². The maximum absolute atomic E-state index is 6.25. The summed E-state index contributed by atoms with van der Waals surface area (Å²) >= 11 is 7.86. The number of anilines is 1. The molecule has 26 heavy (non-hydrogen) atoms. The second-order valence-corrected chi connectivity index (χ2v) is 9.79. The number of fused-ring (bicyclic) bond motifs is 1. The van der Waals surface area contributed by atoms with E-state index in [4.69, 9.17) is 23.0 Å². The maximum Gasteiger partial charge on any atom is 0.140 e. The third kappa shape index (κ3) is 3.90. The first-order valence-corrected chi connectivity index (χ1v) is 9.86. The summed E-state index contributed by atoms with van der Waals surface area (Å²) in [4.78, 5) is 5.84. The van der Waals surface area contributed by atoms with Crippen molar-refractivity contribution in [3.05, 3.63) is 40.4 Å². The Morgan fingerprint density at radius 1 is 1.23 bits per heavy atom. The number of thiophene rings is 1. The lowest BCUT2D eigenvalue weighted by molar-refractivity contribution is 0.302. The van der Waals surface area contributed by atoms with Crippen LogP contribution in [0.3, 0.4) is 0 Å². The van der Waals surface area contributed by atoms with Crippen molar-refractivity contribution in [2.75, 3.05) is 5.32 Å². The van der Waals surface area contributed by atoms with Crippen LogP contribution in [-0.2, 0) is 0 Å². The van der Waals surface area contributed by atoms with Gasteiger partial charge < -0.3 is 5.32 Å². The van der Waals surface area contributed by atoms with Crippen molar-refractivity contribution in [1.82, 2.24) is 9.38 Å². The standard InChI is InChI=1S/C21H24ClN3S/c1-7-14-10-11-26-18(14)17-19(24-21(5,6)13-20(2,3)4)25-12-15(22)8-9-16(25)23-17/h1,8-12,24H,13H2,2-6H3. The Labute approximate surface area is 164 Å². The van der Waals surface area contributed by atoms with Crippen LogP contribution in [0.4, 0.5) is 5.82 Å². The Morgan fingerprint density at radius 3 is 2.62 bits per heavy atom. The van der Waals surface area contributed by atoms with Crippen molar-refractivity contribution in [3.63, 3.8) is 0 Å². The predicted octanol–water partition coefficient (Wildman–Crippen LogP) is 6.32. The monoisotopic (exact) mass is 385 g/mol. The highest BCUT2D eigenvalue weighted by Crippen LogP contribution is 2.38. The topological polar surface area (TPSA) is 29.3 Å². The van der Waals surface area contributed by atoms with Crippen LogP contribution in [0.1, 0.15) is 46.6 Å². The second-order valence-electron chi connectivity index (χ2n) is 8.44. The van der Waals surface area contributed by atoms with Crippen LogP contribution in [0.25, 0.3) is 16.2 Å². The molecule has 3 aromatic rings. The van der Waals surface area contributed by atoms with Gasteiger partial charge in [-0.25, -0.2) is 4.98 Å². The van der Waals surface area contributed by atoms with Crippen molar-refractivity contribution in [2.45, 2.75) is 46.6 Å². The molecule has 136 valence electrons. The molecule has 0 amide bonds. The Balaban J connectivity index is 2.17. The van der Waals surface area contributed by atoms with E-state index in [1.54, 1.807) is 11.3 Å². The molecule has 0 saturated carbocycles. The third-order valence-electron chi connectivity index (χ3n) is 4.05. The van der Waals surface area contributed by atoms with Crippen LogP contribution in [0.2, 0.25) is 5.02 Å². The fourth-order valence-corrected chi connectivity index (χ4v) is 4.60. The van der Waals surface area contributed by atoms with Crippen LogP contribution in [0.15, 0.2) is 29.8 Å². The van der Waals surface area contributed by atoms with Gasteiger partial charge in [0.25, 0.3) is 0 Å². The molecule has 5 heteroatoms. The first-order chi connectivity index (χ1) is 12.1. The normalized spacial score (nSPS) is 12.3. The number of pyridine rings is 1. The van der Waals surface area contributed by atoms with Crippen LogP contribution in [0, 0.1) is 17.8 Å². The molecule has 3 nitrogen and oxygen atoms in total. The van der Waals surface area contributed by atoms with Gasteiger partial charge in [0, 0.05) is 17.3 Å². The minimum atomic E-state index is -0.126. The highest BCUT2D eigenvalue weighted by Gasteiger charge is 2.28. The molecule has 0 spiro atoms. The van der Waals surface area contributed by atoms with Gasteiger partial charge in [-0.1, -0.05) is 38.3 Å². The highest BCUT2D eigenvalue weighted by atomic mass is 35.5. The van der Waals surface area contributed by atoms with Crippen molar-refractivity contribution in [3.8, 4) is 22.9 Å². The number of aromatic nitrogens is 2. The lowest BCUT2D eigenvalue weighted by atomic mass is 9.82. The van der Waals surface area contributed by atoms with Gasteiger partial charge in [0.15, 0.2) is 0 Å². The summed E-state index contributed by atoms with van der Waals surface area (Å²) in [5.41, 5.74) is 2.65. The van der Waals surface area contributed by atoms with Crippen molar-refractivity contribution in [1.29, 1.82) is 0 Å². The zero-order valence-electron chi connectivity index (χ0n) is 15.9. The molecule has 0 aromatic carbocycles. The van der Waals surface area contributed by atoms with Gasteiger partial charge in [0.05, 0.1) is 9.90 Å². The van der Waals surface area contributed by atoms with E-state index in [0.29, 0.717) is 5.02 Å². The smallest absolute Gasteiger partial charge is 0.140 e. The highest BCUT2D eigenvalue weighted by molar-refractivity contribution is 7.13. The molecule has 1 N–H and O–H groups in total. The largest absolute Gasteiger partial charge is 0.364 e. The zero-order valence-corrected chi connectivity index (χ0v) is 17.4. The van der Waals surface area contributed by atoms with Gasteiger partial charge in [-0.2, -0.15) is 0 Å². The maximum atomic E-state index is 6.25. The second kappa shape index (κ2) is 6.64. The number of terminal acetylenes is 1. The van der Waals surface area contributed by atoms with E-state index in [2.05, 4.69) is 45.9 Å². The summed E-state index contributed by atoms with van der Waals surface area (Å²) in [7, 11) is 0. The van der Waals surface area contributed by atoms with Gasteiger partial charge >= 0.3 is 0 Å². The lowest BCUT2D eigenvalue weighted by Crippen LogP contribution is -2.36. The first kappa shape index (κ1) is 18.8. The molecule has 3 aromatic heterocycles. The number of imidazole rings is 1. The number of hydrogen-bond acceptors (Lipinski definition) is 3. The van der Waals surface area contributed by atoms with Gasteiger partial charge in [-0.15, -0.1) is 17.8 Å². The Bertz CT molecular complexity index is 983. The molecule has 0 bridgehead atoms. The Hall–Kier alpha value is -1.96. The molecule has 3 heterocycles. The number of rotatable bonds is 4. The molecule has 0 fully saturated rings. The molecule has 0 aliphatic carbocycles. The Morgan fingerprint density at radius 2 is 1.96 bits per heavy atom. The molecule has 0 unspecified atom stereocenters. The van der Waals surface area contributed by atoms with Gasteiger partial charge in [0.2, 0.25) is 0 Å². The third-order valence-corrected chi connectivity index (χ3v) is 5.19. The Kier molecular flexibility index (Phi) is 4.81. The van der Waals surface area contributed by atoms with E-state index in [9.17, 15) is 0 Å². The average Bonchev–Trinajstić information content (AvgIpc) is 3.09. The summed E-state index contributed by atoms with van der Waals surface area (Å²) in [6.07, 6.45) is 8.59. The van der Waals surface area contributed by atoms with E-state index in [-0.39, 0.29) is 11.0 Å². The number of hydrogen-bond donors (Lipinski definition) is 1. The molecule has 0 saturated heterocycles. The van der Waals surface area contributed by atoms with E-state index in [1.807, 2.05) is 34.2 Å². The van der Waals surface area contributed by atoms with Crippen molar-refractivity contribution >= 4 is 34.4 Å². The molecule has 0 aliphatic rings. The molecular weight excluding hydrogens is 362 g/mol. The fraction of sp³-hybridized carbons (Fsp3) is 0.381. The molecule has 0 atom stereocenters. The minimum Gasteiger partial charge on any atom is -0.364 e. The number of nitrogens with zero attached hydrogens (tertiary/aromatic N) is 2. The summed E-state index contributed by atoms with van der Waals surface area (Å²) in [6, 6.07) is 5.74. The summed E-state index contributed by atoms with van der Waals surface area (Å²) in [5, 5.41) is 6.39. The summed E-state index contributed by atoms with van der Waals surface area (Å²) < 4.78 is 2.02. The summed E-state index contributed by atoms with van der Waals surface area (Å²) in [5.74, 6) is 3.69. The van der Waals surface area contributed by atoms with Crippen LogP contribution in [0.5, 0.6) is 0 Å². The first-order valence-electron chi connectivity index (χ1n) is 8.60. The van der Waals surface area contributed by atoms with Gasteiger partial charge in [0.1, 0.15) is 17.2 Å². The van der Waals surface area contributed by atoms with E-state index < -0.39 is 0 Å². The lowest BCUT2D eigenvalue weighted by Gasteiger charge is -2.34. The average molecular weight is 386 g/mol. The molecule has 0 radical (unpaired) electrons. The van der Waals surface area contributed by atoms with Crippen LogP contribution >= 0.6 is 22.9 Å². The van der Waals surface area contributed by atoms with Crippen molar-refractivity contribution < 1.29 is 0 Å². The van der Waals surface area contributed by atoms with E-state index >= 15 is 0 Å². The molecular formula is C21H24ClN3S. The molecule has 3 rings (SSSR count). The fourth-order valence-electron chi connectivity index (χ4n) is 3.59. The van der Waals surface area contributed by atoms with E-state index in [0.717, 1.165) is 34.0 Å². The van der Waals surface area contributed by atoms with Gasteiger partial charge in [-0.3, -0.25) is 4.40 Å². The zero-order chi connectivity index (χ0) is 19.1. The molecule has 0 aliphatic heterocycles.